The number of thioether (sulfide) groups is 1. The quantitative estimate of drug-likeness (QED) is 0.264. The summed E-state index contributed by atoms with van der Waals surface area (Å²) in [5.41, 5.74) is 3.04. The number of benzene rings is 3. The highest BCUT2D eigenvalue weighted by atomic mass is 32.2. The molecule has 8 heteroatoms. The molecule has 0 aliphatic rings. The molecular weight excluding hydrogens is 438 g/mol. The summed E-state index contributed by atoms with van der Waals surface area (Å²) in [6.45, 7) is 1.95. The minimum absolute atomic E-state index is 0.0509. The van der Waals surface area contributed by atoms with Crippen LogP contribution in [0.25, 0.3) is 16.6 Å². The second kappa shape index (κ2) is 9.70. The average molecular weight is 460 g/mol. The molecule has 0 atom stereocenters. The standard InChI is InChI=1S/C25H21N3O4S/c1-16-6-5-7-19(14-16)28-23(30)20-8-3-4-9-21(20)27-25(28)33-15-22(29)26-18-12-10-17(11-13-18)24(31)32-2/h3-14H,15H2,1-2H3,(H,26,29). The molecule has 0 saturated heterocycles. The van der Waals surface area contributed by atoms with Crippen molar-refractivity contribution in [1.29, 1.82) is 0 Å². The number of methoxy groups -OCH3 is 1. The molecule has 0 radical (unpaired) electrons. The van der Waals surface area contributed by atoms with Gasteiger partial charge < -0.3 is 10.1 Å². The number of nitrogens with zero attached hydrogens (tertiary/aromatic N) is 2. The fourth-order valence-electron chi connectivity index (χ4n) is 3.34. The van der Waals surface area contributed by atoms with Crippen LogP contribution in [-0.4, -0.2) is 34.3 Å². The molecule has 0 saturated carbocycles. The van der Waals surface area contributed by atoms with Crippen molar-refractivity contribution in [3.05, 3.63) is 94.3 Å². The van der Waals surface area contributed by atoms with Crippen LogP contribution in [-0.2, 0) is 9.53 Å². The summed E-state index contributed by atoms with van der Waals surface area (Å²) in [5.74, 6) is -0.654. The number of anilines is 1. The largest absolute Gasteiger partial charge is 0.465 e. The van der Waals surface area contributed by atoms with Gasteiger partial charge in [-0.3, -0.25) is 14.2 Å². The number of carbonyl (C=O) groups excluding carboxylic acids is 2. The predicted octanol–water partition coefficient (Wildman–Crippen LogP) is 4.21. The van der Waals surface area contributed by atoms with Crippen molar-refractivity contribution in [2.24, 2.45) is 0 Å². The summed E-state index contributed by atoms with van der Waals surface area (Å²) in [6.07, 6.45) is 0. The van der Waals surface area contributed by atoms with Crippen LogP contribution < -0.4 is 10.9 Å². The van der Waals surface area contributed by atoms with E-state index in [1.807, 2.05) is 37.3 Å². The predicted molar refractivity (Wildman–Crippen MR) is 129 cm³/mol. The second-order valence-electron chi connectivity index (χ2n) is 7.30. The topological polar surface area (TPSA) is 90.3 Å². The Bertz CT molecular complexity index is 1400. The number of esters is 1. The zero-order valence-corrected chi connectivity index (χ0v) is 18.9. The molecule has 3 aromatic carbocycles. The van der Waals surface area contributed by atoms with Gasteiger partial charge in [0, 0.05) is 5.69 Å². The third-order valence-corrected chi connectivity index (χ3v) is 5.87. The monoisotopic (exact) mass is 459 g/mol. The van der Waals surface area contributed by atoms with Gasteiger partial charge in [-0.2, -0.15) is 0 Å². The van der Waals surface area contributed by atoms with Gasteiger partial charge in [-0.15, -0.1) is 0 Å². The summed E-state index contributed by atoms with van der Waals surface area (Å²) in [6, 6.07) is 21.2. The lowest BCUT2D eigenvalue weighted by Gasteiger charge is -2.14. The molecule has 7 nitrogen and oxygen atoms in total. The first kappa shape index (κ1) is 22.3. The Morgan fingerprint density at radius 2 is 1.79 bits per heavy atom. The van der Waals surface area contributed by atoms with E-state index < -0.39 is 5.97 Å². The SMILES string of the molecule is COC(=O)c1ccc(NC(=O)CSc2nc3ccccc3c(=O)n2-c2cccc(C)c2)cc1. The number of aryl methyl sites for hydroxylation is 1. The van der Waals surface area contributed by atoms with E-state index >= 15 is 0 Å². The normalized spacial score (nSPS) is 10.7. The molecule has 0 aliphatic carbocycles. The van der Waals surface area contributed by atoms with Crippen LogP contribution in [0.2, 0.25) is 0 Å². The highest BCUT2D eigenvalue weighted by Crippen LogP contribution is 2.22. The lowest BCUT2D eigenvalue weighted by Crippen LogP contribution is -2.23. The smallest absolute Gasteiger partial charge is 0.337 e. The zero-order chi connectivity index (χ0) is 23.4. The van der Waals surface area contributed by atoms with E-state index in [0.29, 0.717) is 33.0 Å². The van der Waals surface area contributed by atoms with Crippen LogP contribution in [0.15, 0.2) is 82.7 Å². The van der Waals surface area contributed by atoms with Gasteiger partial charge in [-0.1, -0.05) is 36.0 Å². The number of amides is 1. The van der Waals surface area contributed by atoms with Crippen LogP contribution in [0, 0.1) is 6.92 Å². The molecule has 0 spiro atoms. The number of carbonyl (C=O) groups is 2. The number of para-hydroxylation sites is 1. The van der Waals surface area contributed by atoms with Gasteiger partial charge in [0.25, 0.3) is 5.56 Å². The Hall–Kier alpha value is -3.91. The molecule has 0 bridgehead atoms. The first-order valence-corrected chi connectivity index (χ1v) is 11.1. The van der Waals surface area contributed by atoms with E-state index in [2.05, 4.69) is 15.0 Å². The Balaban J connectivity index is 1.59. The van der Waals surface area contributed by atoms with Gasteiger partial charge in [0.1, 0.15) is 0 Å². The number of fused-ring (bicyclic) bond motifs is 1. The molecule has 166 valence electrons. The summed E-state index contributed by atoms with van der Waals surface area (Å²) in [7, 11) is 1.31. The molecule has 1 amide bonds. The zero-order valence-electron chi connectivity index (χ0n) is 18.1. The Morgan fingerprint density at radius 3 is 2.52 bits per heavy atom. The van der Waals surface area contributed by atoms with Crippen LogP contribution in [0.5, 0.6) is 0 Å². The molecule has 0 unspecified atom stereocenters. The van der Waals surface area contributed by atoms with Crippen molar-refractivity contribution in [1.82, 2.24) is 9.55 Å². The van der Waals surface area contributed by atoms with Gasteiger partial charge in [-0.05, 0) is 61.0 Å². The number of nitrogens with one attached hydrogen (secondary N) is 1. The summed E-state index contributed by atoms with van der Waals surface area (Å²) in [4.78, 5) is 42.1. The van der Waals surface area contributed by atoms with Gasteiger partial charge in [0.2, 0.25) is 5.91 Å². The fourth-order valence-corrected chi connectivity index (χ4v) is 4.15. The molecule has 1 aromatic heterocycles. The van der Waals surface area contributed by atoms with Crippen LogP contribution in [0.1, 0.15) is 15.9 Å². The van der Waals surface area contributed by atoms with Crippen LogP contribution >= 0.6 is 11.8 Å². The van der Waals surface area contributed by atoms with Crippen molar-refractivity contribution in [3.8, 4) is 5.69 Å². The van der Waals surface area contributed by atoms with Crippen LogP contribution in [0.4, 0.5) is 5.69 Å². The maximum absolute atomic E-state index is 13.3. The van der Waals surface area contributed by atoms with E-state index in [1.165, 1.54) is 18.9 Å². The van der Waals surface area contributed by atoms with Gasteiger partial charge >= 0.3 is 5.97 Å². The lowest BCUT2D eigenvalue weighted by molar-refractivity contribution is -0.113. The first-order chi connectivity index (χ1) is 16.0. The Morgan fingerprint density at radius 1 is 1.03 bits per heavy atom. The van der Waals surface area contributed by atoms with Gasteiger partial charge in [0.15, 0.2) is 5.16 Å². The summed E-state index contributed by atoms with van der Waals surface area (Å²) < 4.78 is 6.22. The maximum atomic E-state index is 13.3. The Labute approximate surface area is 194 Å². The molecule has 4 rings (SSSR count). The van der Waals surface area contributed by atoms with E-state index in [4.69, 9.17) is 0 Å². The van der Waals surface area contributed by atoms with Crippen molar-refractivity contribution >= 4 is 40.2 Å². The third kappa shape index (κ3) is 4.96. The van der Waals surface area contributed by atoms with Crippen molar-refractivity contribution in [2.75, 3.05) is 18.2 Å². The molecule has 1 N–H and O–H groups in total. The molecule has 0 aliphatic heterocycles. The van der Waals surface area contributed by atoms with E-state index in [1.54, 1.807) is 47.0 Å². The van der Waals surface area contributed by atoms with Gasteiger partial charge in [-0.25, -0.2) is 9.78 Å². The number of aromatic nitrogens is 2. The van der Waals surface area contributed by atoms with Crippen molar-refractivity contribution in [2.45, 2.75) is 12.1 Å². The number of ether oxygens (including phenoxy) is 1. The first-order valence-electron chi connectivity index (χ1n) is 10.2. The minimum atomic E-state index is -0.445. The number of hydrogen-bond acceptors (Lipinski definition) is 6. The van der Waals surface area contributed by atoms with Gasteiger partial charge in [0.05, 0.1) is 35.0 Å². The second-order valence-corrected chi connectivity index (χ2v) is 8.24. The third-order valence-electron chi connectivity index (χ3n) is 4.93. The number of rotatable bonds is 6. The molecule has 0 fully saturated rings. The van der Waals surface area contributed by atoms with E-state index in [0.717, 1.165) is 5.56 Å². The summed E-state index contributed by atoms with van der Waals surface area (Å²) >= 11 is 1.18. The molecule has 33 heavy (non-hydrogen) atoms. The highest BCUT2D eigenvalue weighted by molar-refractivity contribution is 7.99. The molecule has 1 heterocycles. The minimum Gasteiger partial charge on any atom is -0.465 e. The molecule has 4 aromatic rings. The highest BCUT2D eigenvalue weighted by Gasteiger charge is 2.15. The van der Waals surface area contributed by atoms with Crippen molar-refractivity contribution < 1.29 is 14.3 Å². The maximum Gasteiger partial charge on any atom is 0.337 e. The summed E-state index contributed by atoms with van der Waals surface area (Å²) in [5, 5.41) is 3.73. The lowest BCUT2D eigenvalue weighted by atomic mass is 10.2. The van der Waals surface area contributed by atoms with E-state index in [-0.39, 0.29) is 17.2 Å². The van der Waals surface area contributed by atoms with Crippen molar-refractivity contribution in [3.63, 3.8) is 0 Å². The van der Waals surface area contributed by atoms with Crippen LogP contribution in [0.3, 0.4) is 0 Å². The number of hydrogen-bond donors (Lipinski definition) is 1. The van der Waals surface area contributed by atoms with E-state index in [9.17, 15) is 14.4 Å². The molecular formula is C25H21N3O4S. The average Bonchev–Trinajstić information content (AvgIpc) is 2.83. The fraction of sp³-hybridized carbons (Fsp3) is 0.120. The Kier molecular flexibility index (Phi) is 6.55.